The summed E-state index contributed by atoms with van der Waals surface area (Å²) in [6.45, 7) is 0.543. The van der Waals surface area contributed by atoms with Crippen molar-refractivity contribution in [1.82, 2.24) is 0 Å². The fraction of sp³-hybridized carbons (Fsp3) is 0.219. The van der Waals surface area contributed by atoms with Crippen molar-refractivity contribution in [3.05, 3.63) is 88.6 Å². The predicted molar refractivity (Wildman–Crippen MR) is 156 cm³/mol. The number of fused-ring (bicyclic) bond motifs is 1. The Balaban J connectivity index is 1.36. The fourth-order valence-electron chi connectivity index (χ4n) is 4.64. The molecule has 1 saturated heterocycles. The van der Waals surface area contributed by atoms with E-state index in [1.54, 1.807) is 12.1 Å². The molecule has 234 valence electrons. The SMILES string of the molecule is CC(=O)OC1C(O)C(COC(=O)C=Cc2ccc(O)cc2)OC(Oc2cc(O)c3c(=O)cc(-c4ccc(O)cc4)oc3c2)C1O. The third-order valence-electron chi connectivity index (χ3n) is 6.83. The number of phenols is 3. The van der Waals surface area contributed by atoms with Gasteiger partial charge in [0.05, 0.1) is 0 Å². The Morgan fingerprint density at radius 2 is 1.58 bits per heavy atom. The Morgan fingerprint density at radius 3 is 2.24 bits per heavy atom. The van der Waals surface area contributed by atoms with Crippen LogP contribution in [0.2, 0.25) is 0 Å². The molecule has 2 heterocycles. The van der Waals surface area contributed by atoms with Crippen molar-refractivity contribution in [3.8, 4) is 34.3 Å². The van der Waals surface area contributed by atoms with E-state index in [0.29, 0.717) is 11.1 Å². The first kappa shape index (κ1) is 31.1. The van der Waals surface area contributed by atoms with Gasteiger partial charge in [-0.05, 0) is 48.0 Å². The van der Waals surface area contributed by atoms with Gasteiger partial charge in [0, 0.05) is 36.8 Å². The highest BCUT2D eigenvalue weighted by Gasteiger charge is 2.48. The molecule has 1 aromatic heterocycles. The number of esters is 2. The van der Waals surface area contributed by atoms with Crippen LogP contribution < -0.4 is 10.2 Å². The lowest BCUT2D eigenvalue weighted by atomic mass is 9.99. The average molecular weight is 621 g/mol. The molecule has 13 heteroatoms. The average Bonchev–Trinajstić information content (AvgIpc) is 2.99. The standard InChI is InChI=1S/C32H28O13/c1-16(33)42-31-29(39)26(15-41-27(38)11-4-17-2-7-19(34)8-3-17)45-32(30(31)40)43-21-12-22(36)28-23(37)14-24(44-25(28)13-21)18-5-9-20(35)10-6-18/h2-14,26,29-32,34-36,39-40H,15H2,1H3. The molecule has 1 aliphatic heterocycles. The number of hydrogen-bond acceptors (Lipinski definition) is 13. The normalized spacial score (nSPS) is 21.4. The first-order valence-corrected chi connectivity index (χ1v) is 13.6. The molecule has 5 rings (SSSR count). The smallest absolute Gasteiger partial charge is 0.330 e. The highest BCUT2D eigenvalue weighted by atomic mass is 16.7. The molecule has 45 heavy (non-hydrogen) atoms. The van der Waals surface area contributed by atoms with Gasteiger partial charge in [-0.25, -0.2) is 4.79 Å². The van der Waals surface area contributed by atoms with Crippen LogP contribution in [0.4, 0.5) is 0 Å². The Bertz CT molecular complexity index is 1780. The third kappa shape index (κ3) is 7.24. The first-order valence-electron chi connectivity index (χ1n) is 13.6. The summed E-state index contributed by atoms with van der Waals surface area (Å²) in [4.78, 5) is 36.9. The number of aliphatic hydroxyl groups excluding tert-OH is 2. The summed E-state index contributed by atoms with van der Waals surface area (Å²) in [6, 6.07) is 15.4. The van der Waals surface area contributed by atoms with Crippen LogP contribution in [0.15, 0.2) is 82.0 Å². The van der Waals surface area contributed by atoms with Crippen LogP contribution in [0.1, 0.15) is 12.5 Å². The fourth-order valence-corrected chi connectivity index (χ4v) is 4.64. The van der Waals surface area contributed by atoms with E-state index in [4.69, 9.17) is 23.4 Å². The van der Waals surface area contributed by atoms with Crippen LogP contribution >= 0.6 is 0 Å². The highest BCUT2D eigenvalue weighted by molar-refractivity contribution is 5.87. The second kappa shape index (κ2) is 13.1. The molecule has 1 fully saturated rings. The molecule has 4 aromatic rings. The summed E-state index contributed by atoms with van der Waals surface area (Å²) >= 11 is 0. The molecule has 3 aromatic carbocycles. The van der Waals surface area contributed by atoms with Crippen molar-refractivity contribution in [2.75, 3.05) is 6.61 Å². The molecule has 5 N–H and O–H groups in total. The maximum atomic E-state index is 12.8. The van der Waals surface area contributed by atoms with Crippen LogP contribution in [0, 0.1) is 0 Å². The van der Waals surface area contributed by atoms with E-state index in [1.807, 2.05) is 0 Å². The zero-order chi connectivity index (χ0) is 32.2. The van der Waals surface area contributed by atoms with Crippen LogP contribution in [-0.4, -0.2) is 74.8 Å². The lowest BCUT2D eigenvalue weighted by Gasteiger charge is -2.41. The van der Waals surface area contributed by atoms with Crippen molar-refractivity contribution >= 4 is 29.0 Å². The Hall–Kier alpha value is -5.37. The molecular weight excluding hydrogens is 592 g/mol. The van der Waals surface area contributed by atoms with Crippen LogP contribution in [0.3, 0.4) is 0 Å². The van der Waals surface area contributed by atoms with E-state index in [9.17, 15) is 39.9 Å². The van der Waals surface area contributed by atoms with Crippen molar-refractivity contribution in [1.29, 1.82) is 0 Å². The molecule has 5 atom stereocenters. The summed E-state index contributed by atoms with van der Waals surface area (Å²) in [5, 5.41) is 51.1. The number of benzene rings is 3. The second-order valence-corrected chi connectivity index (χ2v) is 10.1. The molecule has 0 aliphatic carbocycles. The molecule has 5 unspecified atom stereocenters. The van der Waals surface area contributed by atoms with Gasteiger partial charge in [0.2, 0.25) is 6.29 Å². The second-order valence-electron chi connectivity index (χ2n) is 10.1. The van der Waals surface area contributed by atoms with Gasteiger partial charge in [-0.2, -0.15) is 0 Å². The van der Waals surface area contributed by atoms with E-state index < -0.39 is 60.4 Å². The van der Waals surface area contributed by atoms with Gasteiger partial charge in [0.1, 0.15) is 58.5 Å². The predicted octanol–water partition coefficient (Wildman–Crippen LogP) is 2.59. The Morgan fingerprint density at radius 1 is 0.911 bits per heavy atom. The van der Waals surface area contributed by atoms with Gasteiger partial charge >= 0.3 is 11.9 Å². The summed E-state index contributed by atoms with van der Waals surface area (Å²) in [6.07, 6.45) is -5.31. The zero-order valence-corrected chi connectivity index (χ0v) is 23.6. The summed E-state index contributed by atoms with van der Waals surface area (Å²) in [5.41, 5.74) is 0.442. The van der Waals surface area contributed by atoms with E-state index in [1.165, 1.54) is 54.6 Å². The lowest BCUT2D eigenvalue weighted by molar-refractivity contribution is -0.281. The number of rotatable bonds is 8. The van der Waals surface area contributed by atoms with Gasteiger partial charge in [0.15, 0.2) is 17.6 Å². The van der Waals surface area contributed by atoms with Crippen LogP contribution in [0.5, 0.6) is 23.0 Å². The number of phenolic OH excluding ortho intramolecular Hbond substituents is 3. The summed E-state index contributed by atoms with van der Waals surface area (Å²) in [7, 11) is 0. The van der Waals surface area contributed by atoms with Gasteiger partial charge in [-0.1, -0.05) is 12.1 Å². The van der Waals surface area contributed by atoms with Crippen molar-refractivity contribution < 1.29 is 58.5 Å². The zero-order valence-electron chi connectivity index (χ0n) is 23.6. The number of carbonyl (C=O) groups is 2. The molecule has 0 radical (unpaired) electrons. The molecule has 1 aliphatic rings. The molecule has 0 bridgehead atoms. The minimum Gasteiger partial charge on any atom is -0.508 e. The van der Waals surface area contributed by atoms with E-state index >= 15 is 0 Å². The van der Waals surface area contributed by atoms with E-state index in [2.05, 4.69) is 0 Å². The number of aromatic hydroxyl groups is 3. The molecule has 13 nitrogen and oxygen atoms in total. The van der Waals surface area contributed by atoms with Gasteiger partial charge in [-0.3, -0.25) is 9.59 Å². The summed E-state index contributed by atoms with van der Waals surface area (Å²) < 4.78 is 27.6. The Kier molecular flexibility index (Phi) is 9.04. The molecule has 0 amide bonds. The van der Waals surface area contributed by atoms with E-state index in [0.717, 1.165) is 19.1 Å². The maximum absolute atomic E-state index is 12.8. The molecule has 0 saturated carbocycles. The van der Waals surface area contributed by atoms with Crippen LogP contribution in [0.25, 0.3) is 28.4 Å². The minimum atomic E-state index is -1.74. The van der Waals surface area contributed by atoms with Crippen molar-refractivity contribution in [3.63, 3.8) is 0 Å². The number of hydrogen-bond donors (Lipinski definition) is 5. The minimum absolute atomic E-state index is 0.0112. The number of ether oxygens (including phenoxy) is 4. The quantitative estimate of drug-likeness (QED) is 0.142. The highest BCUT2D eigenvalue weighted by Crippen LogP contribution is 2.34. The molecule has 0 spiro atoms. The topological polar surface area (TPSA) is 202 Å². The lowest BCUT2D eigenvalue weighted by Crippen LogP contribution is -2.61. The maximum Gasteiger partial charge on any atom is 0.330 e. The molecular formula is C32H28O13. The largest absolute Gasteiger partial charge is 0.508 e. The van der Waals surface area contributed by atoms with Gasteiger partial charge in [0.25, 0.3) is 0 Å². The van der Waals surface area contributed by atoms with Crippen molar-refractivity contribution in [2.45, 2.75) is 37.6 Å². The first-order chi connectivity index (χ1) is 21.5. The number of aliphatic hydroxyl groups is 2. The Labute approximate surface area is 254 Å². The monoisotopic (exact) mass is 620 g/mol. The van der Waals surface area contributed by atoms with E-state index in [-0.39, 0.29) is 34.0 Å². The van der Waals surface area contributed by atoms with Crippen molar-refractivity contribution in [2.24, 2.45) is 0 Å². The third-order valence-corrected chi connectivity index (χ3v) is 6.83. The van der Waals surface area contributed by atoms with Gasteiger partial charge < -0.3 is 48.9 Å². The van der Waals surface area contributed by atoms with Crippen LogP contribution in [-0.2, 0) is 23.8 Å². The summed E-state index contributed by atoms with van der Waals surface area (Å²) in [5.74, 6) is -2.04. The number of carbonyl (C=O) groups excluding carboxylic acids is 2. The van der Waals surface area contributed by atoms with Gasteiger partial charge in [-0.15, -0.1) is 0 Å².